The summed E-state index contributed by atoms with van der Waals surface area (Å²) in [4.78, 5) is 23.3. The van der Waals surface area contributed by atoms with Crippen LogP contribution in [-0.4, -0.2) is 39.6 Å². The number of nitrogens with two attached hydrogens (primary N) is 1. The van der Waals surface area contributed by atoms with Crippen molar-refractivity contribution in [2.24, 2.45) is 5.73 Å². The van der Waals surface area contributed by atoms with Crippen LogP contribution in [0.25, 0.3) is 16.6 Å². The molecule has 1 unspecified atom stereocenters. The van der Waals surface area contributed by atoms with E-state index in [0.29, 0.717) is 5.69 Å². The molecule has 0 fully saturated rings. The number of aliphatic hydroxyl groups excluding tert-OH is 1. The number of primary amides is 1. The lowest BCUT2D eigenvalue weighted by atomic mass is 10.2. The van der Waals surface area contributed by atoms with Crippen LogP contribution in [0.4, 0.5) is 10.5 Å². The van der Waals surface area contributed by atoms with Crippen molar-refractivity contribution in [2.75, 3.05) is 11.9 Å². The van der Waals surface area contributed by atoms with Crippen LogP contribution < -0.4 is 11.1 Å². The van der Waals surface area contributed by atoms with E-state index in [1.807, 2.05) is 37.3 Å². The van der Waals surface area contributed by atoms with Crippen LogP contribution in [0.2, 0.25) is 0 Å². The third kappa shape index (κ3) is 4.24. The van der Waals surface area contributed by atoms with Crippen LogP contribution in [0.3, 0.4) is 0 Å². The molecule has 140 valence electrons. The number of aliphatic hydroxyl groups is 1. The number of anilines is 1. The van der Waals surface area contributed by atoms with Gasteiger partial charge in [0.2, 0.25) is 0 Å². The van der Waals surface area contributed by atoms with Gasteiger partial charge >= 0.3 is 6.09 Å². The van der Waals surface area contributed by atoms with Crippen LogP contribution in [0, 0.1) is 6.92 Å². The Balaban J connectivity index is 1.88. The van der Waals surface area contributed by atoms with Crippen molar-refractivity contribution in [1.29, 1.82) is 0 Å². The second-order valence-corrected chi connectivity index (χ2v) is 6.10. The molecule has 2 amide bonds. The first kappa shape index (κ1) is 18.4. The highest BCUT2D eigenvalue weighted by Crippen LogP contribution is 2.23. The van der Waals surface area contributed by atoms with E-state index in [-0.39, 0.29) is 13.0 Å². The van der Waals surface area contributed by atoms with Gasteiger partial charge in [0.1, 0.15) is 0 Å². The van der Waals surface area contributed by atoms with Gasteiger partial charge in [-0.2, -0.15) is 5.10 Å². The van der Waals surface area contributed by atoms with E-state index in [1.54, 1.807) is 23.0 Å². The predicted octanol–water partition coefficient (Wildman–Crippen LogP) is 2.12. The Morgan fingerprint density at radius 2 is 2.11 bits per heavy atom. The average Bonchev–Trinajstić information content (AvgIpc) is 3.04. The van der Waals surface area contributed by atoms with Crippen LogP contribution in [0.15, 0.2) is 48.7 Å². The van der Waals surface area contributed by atoms with Gasteiger partial charge in [-0.15, -0.1) is 0 Å². The Kier molecular flexibility index (Phi) is 5.37. The SMILES string of the molecule is Cc1cccc(-n2ncc3ccc(NC(=O)C(CCO)OC(N)=O)cc32)c1. The summed E-state index contributed by atoms with van der Waals surface area (Å²) in [5.74, 6) is -0.566. The molecule has 1 aromatic heterocycles. The molecule has 0 bridgehead atoms. The number of carbonyl (C=O) groups is 2. The molecule has 1 atom stereocenters. The number of aryl methyl sites for hydroxylation is 1. The van der Waals surface area contributed by atoms with Crippen molar-refractivity contribution >= 4 is 28.6 Å². The summed E-state index contributed by atoms with van der Waals surface area (Å²) in [6.07, 6.45) is -0.534. The Morgan fingerprint density at radius 3 is 2.81 bits per heavy atom. The third-order valence-electron chi connectivity index (χ3n) is 4.03. The lowest BCUT2D eigenvalue weighted by Crippen LogP contribution is -2.35. The molecule has 1 heterocycles. The highest BCUT2D eigenvalue weighted by molar-refractivity contribution is 5.97. The standard InChI is InChI=1S/C19H20N4O4/c1-12-3-2-4-15(9-12)23-16-10-14(6-5-13(16)11-21-23)22-18(25)17(7-8-24)27-19(20)26/h2-6,9-11,17,24H,7-8H2,1H3,(H2,20,26)(H,22,25). The fraction of sp³-hybridized carbons (Fsp3) is 0.211. The lowest BCUT2D eigenvalue weighted by molar-refractivity contribution is -0.124. The monoisotopic (exact) mass is 368 g/mol. The minimum absolute atomic E-state index is 0.0434. The number of ether oxygens (including phenoxy) is 1. The van der Waals surface area contributed by atoms with Crippen molar-refractivity contribution in [2.45, 2.75) is 19.4 Å². The van der Waals surface area contributed by atoms with Crippen LogP contribution in [-0.2, 0) is 9.53 Å². The van der Waals surface area contributed by atoms with Crippen molar-refractivity contribution in [1.82, 2.24) is 9.78 Å². The van der Waals surface area contributed by atoms with Crippen molar-refractivity contribution in [3.05, 3.63) is 54.2 Å². The fourth-order valence-corrected chi connectivity index (χ4v) is 2.79. The largest absolute Gasteiger partial charge is 0.436 e. The molecule has 8 heteroatoms. The Hall–Kier alpha value is -3.39. The van der Waals surface area contributed by atoms with Gasteiger partial charge in [0.25, 0.3) is 5.91 Å². The summed E-state index contributed by atoms with van der Waals surface area (Å²) in [6, 6.07) is 13.2. The number of rotatable bonds is 6. The van der Waals surface area contributed by atoms with Crippen LogP contribution >= 0.6 is 0 Å². The second kappa shape index (κ2) is 7.88. The molecular formula is C19H20N4O4. The highest BCUT2D eigenvalue weighted by Gasteiger charge is 2.21. The highest BCUT2D eigenvalue weighted by atomic mass is 16.6. The number of amides is 2. The first-order chi connectivity index (χ1) is 13.0. The van der Waals surface area contributed by atoms with Gasteiger partial charge in [-0.1, -0.05) is 12.1 Å². The number of carbonyl (C=O) groups excluding carboxylic acids is 2. The van der Waals surface area contributed by atoms with Gasteiger partial charge in [0.15, 0.2) is 6.10 Å². The minimum atomic E-state index is -1.16. The van der Waals surface area contributed by atoms with E-state index < -0.39 is 18.1 Å². The predicted molar refractivity (Wildman–Crippen MR) is 101 cm³/mol. The molecule has 8 nitrogen and oxygen atoms in total. The van der Waals surface area contributed by atoms with Crippen LogP contribution in [0.5, 0.6) is 0 Å². The summed E-state index contributed by atoms with van der Waals surface area (Å²) in [5.41, 5.74) is 8.32. The summed E-state index contributed by atoms with van der Waals surface area (Å²) in [7, 11) is 0. The van der Waals surface area contributed by atoms with Crippen LogP contribution in [0.1, 0.15) is 12.0 Å². The molecule has 0 aliphatic heterocycles. The number of hydrogen-bond donors (Lipinski definition) is 3. The van der Waals surface area contributed by atoms with Gasteiger partial charge in [0.05, 0.1) is 17.4 Å². The zero-order valence-corrected chi connectivity index (χ0v) is 14.8. The maximum Gasteiger partial charge on any atom is 0.405 e. The molecule has 0 spiro atoms. The zero-order valence-electron chi connectivity index (χ0n) is 14.8. The zero-order chi connectivity index (χ0) is 19.4. The smallest absolute Gasteiger partial charge is 0.405 e. The molecule has 2 aromatic carbocycles. The number of nitrogens with zero attached hydrogens (tertiary/aromatic N) is 2. The number of hydrogen-bond acceptors (Lipinski definition) is 5. The Bertz CT molecular complexity index is 983. The molecule has 3 aromatic rings. The molecular weight excluding hydrogens is 348 g/mol. The Morgan fingerprint density at radius 1 is 1.30 bits per heavy atom. The summed E-state index contributed by atoms with van der Waals surface area (Å²) in [6.45, 7) is 1.69. The van der Waals surface area contributed by atoms with Gasteiger partial charge in [-0.25, -0.2) is 9.48 Å². The van der Waals surface area contributed by atoms with E-state index in [4.69, 9.17) is 15.6 Å². The van der Waals surface area contributed by atoms with E-state index in [0.717, 1.165) is 22.2 Å². The topological polar surface area (TPSA) is 119 Å². The molecule has 4 N–H and O–H groups in total. The minimum Gasteiger partial charge on any atom is -0.436 e. The first-order valence-corrected chi connectivity index (χ1v) is 8.40. The number of fused-ring (bicyclic) bond motifs is 1. The third-order valence-corrected chi connectivity index (χ3v) is 4.03. The lowest BCUT2D eigenvalue weighted by Gasteiger charge is -2.15. The van der Waals surface area contributed by atoms with Crippen molar-refractivity contribution in [3.8, 4) is 5.69 Å². The molecule has 0 aliphatic carbocycles. The summed E-state index contributed by atoms with van der Waals surface area (Å²) in [5, 5.41) is 17.0. The molecule has 0 saturated heterocycles. The van der Waals surface area contributed by atoms with Gasteiger partial charge in [-0.05, 0) is 42.8 Å². The molecule has 0 radical (unpaired) electrons. The molecule has 27 heavy (non-hydrogen) atoms. The normalized spacial score (nSPS) is 11.9. The van der Waals surface area contributed by atoms with Gasteiger partial charge in [0, 0.05) is 24.1 Å². The van der Waals surface area contributed by atoms with E-state index in [2.05, 4.69) is 10.4 Å². The number of benzene rings is 2. The number of aromatic nitrogens is 2. The fourth-order valence-electron chi connectivity index (χ4n) is 2.79. The Labute approximate surface area is 155 Å². The molecule has 0 saturated carbocycles. The second-order valence-electron chi connectivity index (χ2n) is 6.10. The van der Waals surface area contributed by atoms with E-state index in [1.165, 1.54) is 0 Å². The quantitative estimate of drug-likeness (QED) is 0.616. The first-order valence-electron chi connectivity index (χ1n) is 8.40. The van der Waals surface area contributed by atoms with Crippen molar-refractivity contribution in [3.63, 3.8) is 0 Å². The van der Waals surface area contributed by atoms with Gasteiger partial charge in [-0.3, -0.25) is 4.79 Å². The summed E-state index contributed by atoms with van der Waals surface area (Å²) < 4.78 is 6.53. The maximum atomic E-state index is 12.3. The van der Waals surface area contributed by atoms with E-state index >= 15 is 0 Å². The average molecular weight is 368 g/mol. The maximum absolute atomic E-state index is 12.3. The number of nitrogens with one attached hydrogen (secondary N) is 1. The van der Waals surface area contributed by atoms with Gasteiger partial charge < -0.3 is 20.9 Å². The molecule has 0 aliphatic rings. The van der Waals surface area contributed by atoms with Crippen molar-refractivity contribution < 1.29 is 19.4 Å². The van der Waals surface area contributed by atoms with E-state index in [9.17, 15) is 9.59 Å². The summed E-state index contributed by atoms with van der Waals surface area (Å²) >= 11 is 0. The molecule has 3 rings (SSSR count).